The van der Waals surface area contributed by atoms with Gasteiger partial charge in [0.05, 0.1) is 48.2 Å². The SMILES string of the molecule is COC[C@H]1CCCN1CC(=O)Nc1cnc(F)c(NC(=O)c2cnc3[nH]c(-c4cnn(C)c4)cc3c2)c1. The molecule has 12 heteroatoms. The normalized spacial score (nSPS) is 15.8. The number of nitrogens with zero attached hydrogens (tertiary/aromatic N) is 5. The zero-order valence-electron chi connectivity index (χ0n) is 20.5. The quantitative estimate of drug-likeness (QED) is 0.313. The zero-order chi connectivity index (χ0) is 25.9. The van der Waals surface area contributed by atoms with E-state index in [1.54, 1.807) is 24.1 Å². The Labute approximate surface area is 212 Å². The molecule has 1 atom stereocenters. The maximum Gasteiger partial charge on any atom is 0.257 e. The van der Waals surface area contributed by atoms with E-state index in [2.05, 4.69) is 35.6 Å². The fourth-order valence-corrected chi connectivity index (χ4v) is 4.52. The summed E-state index contributed by atoms with van der Waals surface area (Å²) >= 11 is 0. The molecule has 11 nitrogen and oxygen atoms in total. The van der Waals surface area contributed by atoms with Crippen LogP contribution >= 0.6 is 0 Å². The van der Waals surface area contributed by atoms with Gasteiger partial charge in [0.2, 0.25) is 11.9 Å². The summed E-state index contributed by atoms with van der Waals surface area (Å²) in [4.78, 5) is 38.7. The zero-order valence-corrected chi connectivity index (χ0v) is 20.5. The van der Waals surface area contributed by atoms with Crippen molar-refractivity contribution in [1.29, 1.82) is 0 Å². The van der Waals surface area contributed by atoms with Gasteiger partial charge in [-0.15, -0.1) is 0 Å². The summed E-state index contributed by atoms with van der Waals surface area (Å²) < 4.78 is 21.3. The molecule has 4 aromatic rings. The van der Waals surface area contributed by atoms with Crippen LogP contribution in [0.4, 0.5) is 15.8 Å². The highest BCUT2D eigenvalue weighted by Crippen LogP contribution is 2.24. The summed E-state index contributed by atoms with van der Waals surface area (Å²) in [5.41, 5.74) is 2.69. The Morgan fingerprint density at radius 3 is 2.84 bits per heavy atom. The largest absolute Gasteiger partial charge is 0.383 e. The van der Waals surface area contributed by atoms with Crippen LogP contribution in [-0.2, 0) is 16.6 Å². The van der Waals surface area contributed by atoms with E-state index < -0.39 is 11.9 Å². The number of anilines is 2. The molecular formula is C25H27FN8O3. The lowest BCUT2D eigenvalue weighted by atomic mass is 10.2. The molecular weight excluding hydrogens is 479 g/mol. The van der Waals surface area contributed by atoms with Gasteiger partial charge in [-0.05, 0) is 37.6 Å². The number of likely N-dealkylation sites (tertiary alicyclic amines) is 1. The van der Waals surface area contributed by atoms with Crippen LogP contribution in [0.2, 0.25) is 0 Å². The van der Waals surface area contributed by atoms with E-state index in [1.165, 1.54) is 18.5 Å². The van der Waals surface area contributed by atoms with Crippen LogP contribution in [0.3, 0.4) is 0 Å². The molecule has 1 fully saturated rings. The monoisotopic (exact) mass is 506 g/mol. The van der Waals surface area contributed by atoms with Gasteiger partial charge >= 0.3 is 0 Å². The molecule has 5 heterocycles. The second-order valence-corrected chi connectivity index (χ2v) is 9.03. The molecule has 1 saturated heterocycles. The first-order chi connectivity index (χ1) is 17.9. The number of halogens is 1. The van der Waals surface area contributed by atoms with Crippen molar-refractivity contribution in [3.8, 4) is 11.3 Å². The number of amides is 2. The summed E-state index contributed by atoms with van der Waals surface area (Å²) in [6.45, 7) is 1.57. The van der Waals surface area contributed by atoms with E-state index in [-0.39, 0.29) is 35.4 Å². The summed E-state index contributed by atoms with van der Waals surface area (Å²) in [5, 5.41) is 10.1. The lowest BCUT2D eigenvalue weighted by Gasteiger charge is -2.23. The van der Waals surface area contributed by atoms with Crippen molar-refractivity contribution in [3.05, 3.63) is 54.5 Å². The average Bonchev–Trinajstić information content (AvgIpc) is 3.61. The van der Waals surface area contributed by atoms with Crippen LogP contribution in [0.1, 0.15) is 23.2 Å². The van der Waals surface area contributed by atoms with Crippen molar-refractivity contribution in [1.82, 2.24) is 29.6 Å². The van der Waals surface area contributed by atoms with Crippen molar-refractivity contribution in [2.24, 2.45) is 7.05 Å². The van der Waals surface area contributed by atoms with E-state index >= 15 is 0 Å². The standard InChI is InChI=1S/C25H27FN8O3/c1-33-12-17(10-29-33)20-7-15-6-16(9-28-24(15)31-20)25(36)32-21-8-18(11-27-23(21)26)30-22(35)13-34-5-3-4-19(34)14-37-2/h6-12,19H,3-5,13-14H2,1-2H3,(H,28,31)(H,30,35)(H,32,36)/t19-/m1/s1. The molecule has 0 aliphatic carbocycles. The number of carbonyl (C=O) groups excluding carboxylic acids is 2. The number of carbonyl (C=O) groups is 2. The van der Waals surface area contributed by atoms with Crippen LogP contribution in [-0.4, -0.2) is 74.3 Å². The number of aromatic amines is 1. The van der Waals surface area contributed by atoms with Crippen molar-refractivity contribution < 1.29 is 18.7 Å². The highest BCUT2D eigenvalue weighted by atomic mass is 19.1. The van der Waals surface area contributed by atoms with Crippen molar-refractivity contribution in [3.63, 3.8) is 0 Å². The van der Waals surface area contributed by atoms with Gasteiger partial charge in [-0.2, -0.15) is 9.49 Å². The van der Waals surface area contributed by atoms with Crippen LogP contribution in [0, 0.1) is 5.95 Å². The average molecular weight is 507 g/mol. The van der Waals surface area contributed by atoms with Crippen LogP contribution in [0.25, 0.3) is 22.3 Å². The van der Waals surface area contributed by atoms with Gasteiger partial charge in [0.15, 0.2) is 0 Å². The smallest absolute Gasteiger partial charge is 0.257 e. The number of nitrogens with one attached hydrogen (secondary N) is 3. The van der Waals surface area contributed by atoms with Gasteiger partial charge < -0.3 is 20.4 Å². The minimum Gasteiger partial charge on any atom is -0.383 e. The molecule has 5 rings (SSSR count). The molecule has 4 aromatic heterocycles. The number of aryl methyl sites for hydroxylation is 1. The van der Waals surface area contributed by atoms with Crippen LogP contribution < -0.4 is 10.6 Å². The van der Waals surface area contributed by atoms with Crippen molar-refractivity contribution in [2.45, 2.75) is 18.9 Å². The number of hydrogen-bond donors (Lipinski definition) is 3. The Hall–Kier alpha value is -4.16. The number of H-pyrrole nitrogens is 1. The molecule has 37 heavy (non-hydrogen) atoms. The highest BCUT2D eigenvalue weighted by Gasteiger charge is 2.26. The molecule has 1 aliphatic rings. The number of rotatable bonds is 8. The third kappa shape index (κ3) is 5.49. The Balaban J connectivity index is 1.26. The first-order valence-electron chi connectivity index (χ1n) is 11.9. The third-order valence-electron chi connectivity index (χ3n) is 6.32. The Morgan fingerprint density at radius 1 is 1.19 bits per heavy atom. The van der Waals surface area contributed by atoms with Gasteiger partial charge in [-0.3, -0.25) is 19.2 Å². The number of methoxy groups -OCH3 is 1. The summed E-state index contributed by atoms with van der Waals surface area (Å²) in [7, 11) is 3.47. The van der Waals surface area contributed by atoms with Gasteiger partial charge in [0, 0.05) is 43.5 Å². The Kier molecular flexibility index (Phi) is 6.93. The second kappa shape index (κ2) is 10.4. The number of hydrogen-bond acceptors (Lipinski definition) is 7. The number of fused-ring (bicyclic) bond motifs is 1. The first kappa shape index (κ1) is 24.5. The molecule has 192 valence electrons. The molecule has 0 bridgehead atoms. The first-order valence-corrected chi connectivity index (χ1v) is 11.9. The van der Waals surface area contributed by atoms with Gasteiger partial charge in [0.25, 0.3) is 5.91 Å². The topological polar surface area (TPSA) is 130 Å². The maximum absolute atomic E-state index is 14.4. The van der Waals surface area contributed by atoms with E-state index in [1.807, 2.05) is 19.3 Å². The van der Waals surface area contributed by atoms with E-state index in [9.17, 15) is 14.0 Å². The number of pyridine rings is 2. The summed E-state index contributed by atoms with van der Waals surface area (Å²) in [6.07, 6.45) is 8.19. The molecule has 0 aromatic carbocycles. The molecule has 0 radical (unpaired) electrons. The maximum atomic E-state index is 14.4. The fourth-order valence-electron chi connectivity index (χ4n) is 4.52. The number of ether oxygens (including phenoxy) is 1. The molecule has 1 aliphatic heterocycles. The molecule has 0 unspecified atom stereocenters. The van der Waals surface area contributed by atoms with Crippen molar-refractivity contribution >= 4 is 34.2 Å². The van der Waals surface area contributed by atoms with Crippen LogP contribution in [0.15, 0.2) is 43.0 Å². The minimum absolute atomic E-state index is 0.147. The highest BCUT2D eigenvalue weighted by molar-refractivity contribution is 6.06. The van der Waals surface area contributed by atoms with Gasteiger partial charge in [0.1, 0.15) is 5.65 Å². The summed E-state index contributed by atoms with van der Waals surface area (Å²) in [5.74, 6) is -1.66. The molecule has 0 saturated carbocycles. The predicted molar refractivity (Wildman–Crippen MR) is 136 cm³/mol. The van der Waals surface area contributed by atoms with E-state index in [0.717, 1.165) is 36.0 Å². The van der Waals surface area contributed by atoms with E-state index in [0.29, 0.717) is 12.3 Å². The van der Waals surface area contributed by atoms with Gasteiger partial charge in [-0.1, -0.05) is 0 Å². The Bertz CT molecular complexity index is 1450. The lowest BCUT2D eigenvalue weighted by Crippen LogP contribution is -2.38. The molecule has 3 N–H and O–H groups in total. The predicted octanol–water partition coefficient (Wildman–Crippen LogP) is 2.80. The summed E-state index contributed by atoms with van der Waals surface area (Å²) in [6, 6.07) is 5.07. The minimum atomic E-state index is -0.861. The fraction of sp³-hybridized carbons (Fsp3) is 0.320. The molecule has 0 spiro atoms. The van der Waals surface area contributed by atoms with E-state index in [4.69, 9.17) is 4.74 Å². The molecule has 2 amide bonds. The van der Waals surface area contributed by atoms with Gasteiger partial charge in [-0.25, -0.2) is 9.97 Å². The number of aromatic nitrogens is 5. The van der Waals surface area contributed by atoms with Crippen molar-refractivity contribution in [2.75, 3.05) is 37.4 Å². The Morgan fingerprint density at radius 2 is 2.05 bits per heavy atom. The third-order valence-corrected chi connectivity index (χ3v) is 6.32. The second-order valence-electron chi connectivity index (χ2n) is 9.03. The lowest BCUT2D eigenvalue weighted by molar-refractivity contribution is -0.117. The van der Waals surface area contributed by atoms with Crippen LogP contribution in [0.5, 0.6) is 0 Å².